The van der Waals surface area contributed by atoms with Gasteiger partial charge in [0.15, 0.2) is 5.79 Å². The molecule has 3 nitrogen and oxygen atoms in total. The summed E-state index contributed by atoms with van der Waals surface area (Å²) in [6.45, 7) is 1.45. The molecule has 0 amide bonds. The van der Waals surface area contributed by atoms with Crippen molar-refractivity contribution in [2.75, 3.05) is 13.2 Å². The van der Waals surface area contributed by atoms with Crippen molar-refractivity contribution in [3.05, 3.63) is 0 Å². The summed E-state index contributed by atoms with van der Waals surface area (Å²) >= 11 is 0. The van der Waals surface area contributed by atoms with E-state index in [4.69, 9.17) is 9.47 Å². The second kappa shape index (κ2) is 5.10. The minimum atomic E-state index is -0.441. The Morgan fingerprint density at radius 2 is 1.56 bits per heavy atom. The van der Waals surface area contributed by atoms with Crippen molar-refractivity contribution in [2.45, 2.75) is 75.6 Å². The molecule has 0 bridgehead atoms. The third kappa shape index (κ3) is 2.73. The van der Waals surface area contributed by atoms with Crippen LogP contribution in [0.4, 0.5) is 0 Å². The van der Waals surface area contributed by atoms with Gasteiger partial charge in [-0.15, -0.1) is 0 Å². The number of aliphatic hydroxyl groups is 1. The highest BCUT2D eigenvalue weighted by molar-refractivity contribution is 4.91. The van der Waals surface area contributed by atoms with Crippen LogP contribution < -0.4 is 0 Å². The minimum Gasteiger partial charge on any atom is -0.390 e. The SMILES string of the molecule is OC1(CCC2CCCC2)CCC2(CC1)OCCO2. The molecule has 1 heterocycles. The normalized spacial score (nSPS) is 31.2. The Labute approximate surface area is 110 Å². The van der Waals surface area contributed by atoms with Gasteiger partial charge in [-0.1, -0.05) is 25.7 Å². The summed E-state index contributed by atoms with van der Waals surface area (Å²) in [5.74, 6) is 0.545. The van der Waals surface area contributed by atoms with Gasteiger partial charge < -0.3 is 14.6 Å². The standard InChI is InChI=1S/C15H26O3/c16-14(6-5-13-3-1-2-4-13)7-9-15(10-8-14)17-11-12-18-15/h13,16H,1-12H2. The van der Waals surface area contributed by atoms with Gasteiger partial charge in [-0.2, -0.15) is 0 Å². The van der Waals surface area contributed by atoms with Crippen LogP contribution in [0.3, 0.4) is 0 Å². The first-order valence-corrected chi connectivity index (χ1v) is 7.70. The average molecular weight is 254 g/mol. The molecule has 0 unspecified atom stereocenters. The van der Waals surface area contributed by atoms with Crippen LogP contribution in [-0.2, 0) is 9.47 Å². The fraction of sp³-hybridized carbons (Fsp3) is 1.00. The van der Waals surface area contributed by atoms with Crippen LogP contribution in [0.5, 0.6) is 0 Å². The number of hydrogen-bond acceptors (Lipinski definition) is 3. The molecule has 0 atom stereocenters. The average Bonchev–Trinajstić information content (AvgIpc) is 3.04. The third-order valence-electron chi connectivity index (χ3n) is 5.25. The molecule has 18 heavy (non-hydrogen) atoms. The van der Waals surface area contributed by atoms with E-state index in [2.05, 4.69) is 0 Å². The van der Waals surface area contributed by atoms with Crippen LogP contribution in [0.15, 0.2) is 0 Å². The summed E-state index contributed by atoms with van der Waals surface area (Å²) in [7, 11) is 0. The van der Waals surface area contributed by atoms with Gasteiger partial charge >= 0.3 is 0 Å². The molecule has 1 aliphatic heterocycles. The molecule has 0 radical (unpaired) electrons. The zero-order valence-corrected chi connectivity index (χ0v) is 11.3. The van der Waals surface area contributed by atoms with Crippen molar-refractivity contribution >= 4 is 0 Å². The Balaban J connectivity index is 1.47. The second-order valence-corrected chi connectivity index (χ2v) is 6.52. The molecule has 1 saturated heterocycles. The summed E-state index contributed by atoms with van der Waals surface area (Å²) < 4.78 is 11.4. The highest BCUT2D eigenvalue weighted by Crippen LogP contribution is 2.43. The Morgan fingerprint density at radius 1 is 0.944 bits per heavy atom. The number of hydrogen-bond donors (Lipinski definition) is 1. The van der Waals surface area contributed by atoms with E-state index in [0.29, 0.717) is 0 Å². The Morgan fingerprint density at radius 3 is 2.17 bits per heavy atom. The predicted molar refractivity (Wildman–Crippen MR) is 69.2 cm³/mol. The second-order valence-electron chi connectivity index (χ2n) is 6.52. The van der Waals surface area contributed by atoms with Crippen LogP contribution in [0.1, 0.15) is 64.2 Å². The molecule has 2 aliphatic carbocycles. The number of rotatable bonds is 3. The molecule has 1 N–H and O–H groups in total. The minimum absolute atomic E-state index is 0.334. The maximum atomic E-state index is 10.7. The first kappa shape index (κ1) is 12.9. The summed E-state index contributed by atoms with van der Waals surface area (Å²) in [5.41, 5.74) is -0.441. The smallest absolute Gasteiger partial charge is 0.168 e. The fourth-order valence-corrected chi connectivity index (χ4v) is 3.90. The molecule has 0 aromatic heterocycles. The van der Waals surface area contributed by atoms with E-state index in [1.54, 1.807) is 0 Å². The molecule has 2 saturated carbocycles. The Hall–Kier alpha value is -0.120. The van der Waals surface area contributed by atoms with E-state index in [1.165, 1.54) is 32.1 Å². The highest BCUT2D eigenvalue weighted by Gasteiger charge is 2.45. The van der Waals surface area contributed by atoms with Crippen molar-refractivity contribution in [3.63, 3.8) is 0 Å². The van der Waals surface area contributed by atoms with Crippen molar-refractivity contribution in [2.24, 2.45) is 5.92 Å². The van der Waals surface area contributed by atoms with Gasteiger partial charge in [0.05, 0.1) is 18.8 Å². The molecule has 1 spiro atoms. The third-order valence-corrected chi connectivity index (χ3v) is 5.25. The van der Waals surface area contributed by atoms with Crippen LogP contribution in [0.2, 0.25) is 0 Å². The monoisotopic (exact) mass is 254 g/mol. The zero-order chi connectivity index (χ0) is 12.5. The number of ether oxygens (including phenoxy) is 2. The van der Waals surface area contributed by atoms with Crippen molar-refractivity contribution < 1.29 is 14.6 Å². The lowest BCUT2D eigenvalue weighted by atomic mass is 9.77. The molecule has 3 rings (SSSR count). The first-order chi connectivity index (χ1) is 8.70. The fourth-order valence-electron chi connectivity index (χ4n) is 3.90. The summed E-state index contributed by atoms with van der Waals surface area (Å²) in [6.07, 6.45) is 11.2. The van der Waals surface area contributed by atoms with E-state index >= 15 is 0 Å². The van der Waals surface area contributed by atoms with Gasteiger partial charge in [0.2, 0.25) is 0 Å². The zero-order valence-electron chi connectivity index (χ0n) is 11.3. The molecular weight excluding hydrogens is 228 g/mol. The van der Waals surface area contributed by atoms with Gasteiger partial charge in [0, 0.05) is 12.8 Å². The summed E-state index contributed by atoms with van der Waals surface area (Å²) in [5, 5.41) is 10.7. The van der Waals surface area contributed by atoms with E-state index in [9.17, 15) is 5.11 Å². The van der Waals surface area contributed by atoms with Crippen LogP contribution in [-0.4, -0.2) is 29.7 Å². The van der Waals surface area contributed by atoms with Crippen LogP contribution in [0, 0.1) is 5.92 Å². The molecule has 3 aliphatic rings. The van der Waals surface area contributed by atoms with Crippen molar-refractivity contribution in [1.82, 2.24) is 0 Å². The maximum absolute atomic E-state index is 10.7. The van der Waals surface area contributed by atoms with E-state index in [-0.39, 0.29) is 5.79 Å². The van der Waals surface area contributed by atoms with E-state index < -0.39 is 5.60 Å². The molecule has 0 aromatic rings. The molecular formula is C15H26O3. The lowest BCUT2D eigenvalue weighted by molar-refractivity contribution is -0.203. The van der Waals surface area contributed by atoms with Crippen LogP contribution >= 0.6 is 0 Å². The van der Waals surface area contributed by atoms with Gasteiger partial charge in [-0.25, -0.2) is 0 Å². The van der Waals surface area contributed by atoms with E-state index in [1.807, 2.05) is 0 Å². The molecule has 3 heteroatoms. The maximum Gasteiger partial charge on any atom is 0.168 e. The Bertz CT molecular complexity index is 262. The largest absolute Gasteiger partial charge is 0.390 e. The van der Waals surface area contributed by atoms with Crippen LogP contribution in [0.25, 0.3) is 0 Å². The quantitative estimate of drug-likeness (QED) is 0.841. The van der Waals surface area contributed by atoms with Gasteiger partial charge in [-0.3, -0.25) is 0 Å². The molecule has 3 fully saturated rings. The van der Waals surface area contributed by atoms with E-state index in [0.717, 1.165) is 51.2 Å². The lowest BCUT2D eigenvalue weighted by Gasteiger charge is -2.41. The predicted octanol–water partition coefficient (Wildman–Crippen LogP) is 3.01. The Kier molecular flexibility index (Phi) is 3.65. The topological polar surface area (TPSA) is 38.7 Å². The molecule has 0 aromatic carbocycles. The lowest BCUT2D eigenvalue weighted by Crippen LogP contribution is -2.43. The van der Waals surface area contributed by atoms with Crippen molar-refractivity contribution in [1.29, 1.82) is 0 Å². The highest BCUT2D eigenvalue weighted by atomic mass is 16.7. The summed E-state index contributed by atoms with van der Waals surface area (Å²) in [6, 6.07) is 0. The van der Waals surface area contributed by atoms with Gasteiger partial charge in [0.1, 0.15) is 0 Å². The van der Waals surface area contributed by atoms with Crippen molar-refractivity contribution in [3.8, 4) is 0 Å². The van der Waals surface area contributed by atoms with Gasteiger partial charge in [0.25, 0.3) is 0 Å². The first-order valence-electron chi connectivity index (χ1n) is 7.70. The van der Waals surface area contributed by atoms with Gasteiger partial charge in [-0.05, 0) is 31.6 Å². The molecule has 104 valence electrons. The summed E-state index contributed by atoms with van der Waals surface area (Å²) in [4.78, 5) is 0.